The zero-order chi connectivity index (χ0) is 18.4. The van der Waals surface area contributed by atoms with Gasteiger partial charge in [-0.05, 0) is 49.3 Å². The Labute approximate surface area is 160 Å². The molecule has 0 spiro atoms. The van der Waals surface area contributed by atoms with Crippen LogP contribution in [0.2, 0.25) is 0 Å². The Morgan fingerprint density at radius 2 is 2.23 bits per heavy atom. The Morgan fingerprint density at radius 3 is 2.96 bits per heavy atom. The van der Waals surface area contributed by atoms with E-state index in [4.69, 9.17) is 4.98 Å². The first-order valence-corrected chi connectivity index (χ1v) is 9.96. The summed E-state index contributed by atoms with van der Waals surface area (Å²) in [5, 5.41) is 2.72. The van der Waals surface area contributed by atoms with E-state index in [0.717, 1.165) is 40.6 Å². The Bertz CT molecular complexity index is 849. The van der Waals surface area contributed by atoms with E-state index in [1.54, 1.807) is 0 Å². The van der Waals surface area contributed by atoms with Gasteiger partial charge in [-0.15, -0.1) is 0 Å². The molecule has 1 aliphatic carbocycles. The SMILES string of the molecule is CC(C)C(NC=O)C(=O)N1C2CCC(C2)C1c1nc2ccc(Br)cc2[nH]1. The number of benzene rings is 1. The molecule has 4 atom stereocenters. The number of piperidine rings is 1. The van der Waals surface area contributed by atoms with E-state index in [1.807, 2.05) is 36.9 Å². The number of amides is 2. The molecule has 2 aromatic rings. The largest absolute Gasteiger partial charge is 0.347 e. The van der Waals surface area contributed by atoms with E-state index >= 15 is 0 Å². The first-order valence-electron chi connectivity index (χ1n) is 9.16. The summed E-state index contributed by atoms with van der Waals surface area (Å²) in [5.74, 6) is 1.33. The number of likely N-dealkylation sites (tertiary alicyclic amines) is 1. The molecule has 0 radical (unpaired) electrons. The summed E-state index contributed by atoms with van der Waals surface area (Å²) in [4.78, 5) is 34.5. The molecule has 26 heavy (non-hydrogen) atoms. The summed E-state index contributed by atoms with van der Waals surface area (Å²) < 4.78 is 0.996. The van der Waals surface area contributed by atoms with Gasteiger partial charge in [0, 0.05) is 10.5 Å². The predicted octanol–water partition coefficient (Wildman–Crippen LogP) is 3.15. The van der Waals surface area contributed by atoms with Crippen molar-refractivity contribution in [2.75, 3.05) is 0 Å². The van der Waals surface area contributed by atoms with Crippen molar-refractivity contribution in [3.63, 3.8) is 0 Å². The second-order valence-corrected chi connectivity index (χ2v) is 8.62. The second kappa shape index (κ2) is 6.68. The fourth-order valence-electron chi connectivity index (χ4n) is 4.58. The Hall–Kier alpha value is -1.89. The van der Waals surface area contributed by atoms with E-state index in [0.29, 0.717) is 12.3 Å². The maximum Gasteiger partial charge on any atom is 0.246 e. The predicted molar refractivity (Wildman–Crippen MR) is 102 cm³/mol. The van der Waals surface area contributed by atoms with Gasteiger partial charge < -0.3 is 15.2 Å². The standard InChI is InChI=1S/C19H23BrN4O2/c1-10(2)16(21-9-25)19(26)24-13-5-3-11(7-13)17(24)18-22-14-6-4-12(20)8-15(14)23-18/h4,6,8-11,13,16-17H,3,5,7H2,1-2H3,(H,21,25)(H,22,23). The number of nitrogens with one attached hydrogen (secondary N) is 2. The maximum atomic E-state index is 13.3. The highest BCUT2D eigenvalue weighted by Crippen LogP contribution is 2.50. The maximum absolute atomic E-state index is 13.3. The molecule has 4 unspecified atom stereocenters. The summed E-state index contributed by atoms with van der Waals surface area (Å²) in [6, 6.07) is 5.67. The number of aromatic nitrogens is 2. The minimum Gasteiger partial charge on any atom is -0.347 e. The molecule has 2 fully saturated rings. The van der Waals surface area contributed by atoms with Crippen LogP contribution in [0.1, 0.15) is 45.0 Å². The molecule has 2 aliphatic rings. The third-order valence-corrected chi connectivity index (χ3v) is 6.26. The van der Waals surface area contributed by atoms with Gasteiger partial charge in [0.2, 0.25) is 12.3 Å². The smallest absolute Gasteiger partial charge is 0.246 e. The molecule has 6 nitrogen and oxygen atoms in total. The zero-order valence-corrected chi connectivity index (χ0v) is 16.5. The van der Waals surface area contributed by atoms with Crippen LogP contribution in [-0.2, 0) is 9.59 Å². The molecule has 4 rings (SSSR count). The van der Waals surface area contributed by atoms with Gasteiger partial charge in [-0.3, -0.25) is 9.59 Å². The van der Waals surface area contributed by atoms with E-state index in [-0.39, 0.29) is 23.9 Å². The van der Waals surface area contributed by atoms with Crippen molar-refractivity contribution >= 4 is 39.3 Å². The van der Waals surface area contributed by atoms with Crippen molar-refractivity contribution in [3.8, 4) is 0 Å². The molecular formula is C19H23BrN4O2. The normalized spacial score (nSPS) is 25.8. The molecule has 1 aliphatic heterocycles. The minimum absolute atomic E-state index is 0.00550. The summed E-state index contributed by atoms with van der Waals surface area (Å²) >= 11 is 3.49. The van der Waals surface area contributed by atoms with Crippen molar-refractivity contribution in [2.24, 2.45) is 11.8 Å². The van der Waals surface area contributed by atoms with Crippen LogP contribution in [-0.4, -0.2) is 39.3 Å². The zero-order valence-electron chi connectivity index (χ0n) is 14.9. The number of halogens is 1. The summed E-state index contributed by atoms with van der Waals surface area (Å²) in [7, 11) is 0. The molecule has 2 N–H and O–H groups in total. The Kier molecular flexibility index (Phi) is 4.50. The number of hydrogen-bond acceptors (Lipinski definition) is 3. The van der Waals surface area contributed by atoms with Crippen molar-refractivity contribution in [1.82, 2.24) is 20.2 Å². The highest BCUT2D eigenvalue weighted by molar-refractivity contribution is 9.10. The van der Waals surface area contributed by atoms with Crippen LogP contribution < -0.4 is 5.32 Å². The molecule has 1 aromatic heterocycles. The summed E-state index contributed by atoms with van der Waals surface area (Å²) in [6.45, 7) is 3.92. The van der Waals surface area contributed by atoms with Gasteiger partial charge in [0.15, 0.2) is 0 Å². The monoisotopic (exact) mass is 418 g/mol. The lowest BCUT2D eigenvalue weighted by molar-refractivity contribution is -0.140. The summed E-state index contributed by atoms with van der Waals surface area (Å²) in [5.41, 5.74) is 1.88. The molecule has 7 heteroatoms. The van der Waals surface area contributed by atoms with Gasteiger partial charge in [-0.2, -0.15) is 0 Å². The fraction of sp³-hybridized carbons (Fsp3) is 0.526. The van der Waals surface area contributed by atoms with Crippen LogP contribution in [0.4, 0.5) is 0 Å². The van der Waals surface area contributed by atoms with Crippen molar-refractivity contribution in [1.29, 1.82) is 0 Å². The topological polar surface area (TPSA) is 78.1 Å². The first-order chi connectivity index (χ1) is 12.5. The van der Waals surface area contributed by atoms with E-state index in [9.17, 15) is 9.59 Å². The highest BCUT2D eigenvalue weighted by Gasteiger charge is 2.51. The minimum atomic E-state index is -0.493. The lowest BCUT2D eigenvalue weighted by Gasteiger charge is -2.37. The molecule has 2 heterocycles. The van der Waals surface area contributed by atoms with Gasteiger partial charge in [0.1, 0.15) is 11.9 Å². The number of carbonyl (C=O) groups is 2. The first kappa shape index (κ1) is 17.5. The van der Waals surface area contributed by atoms with E-state index in [2.05, 4.69) is 26.2 Å². The van der Waals surface area contributed by atoms with Crippen LogP contribution >= 0.6 is 15.9 Å². The third kappa shape index (κ3) is 2.82. The molecule has 1 aromatic carbocycles. The van der Waals surface area contributed by atoms with Gasteiger partial charge in [-0.1, -0.05) is 29.8 Å². The number of hydrogen-bond donors (Lipinski definition) is 2. The van der Waals surface area contributed by atoms with Crippen molar-refractivity contribution in [2.45, 2.75) is 51.2 Å². The number of imidazole rings is 1. The average Bonchev–Trinajstić information content (AvgIpc) is 3.31. The Balaban J connectivity index is 1.70. The molecule has 138 valence electrons. The molecule has 2 amide bonds. The van der Waals surface area contributed by atoms with Crippen LogP contribution in [0.25, 0.3) is 11.0 Å². The number of aromatic amines is 1. The molecule has 1 saturated heterocycles. The highest BCUT2D eigenvalue weighted by atomic mass is 79.9. The lowest BCUT2D eigenvalue weighted by Crippen LogP contribution is -2.52. The summed E-state index contributed by atoms with van der Waals surface area (Å²) in [6.07, 6.45) is 3.80. The van der Waals surface area contributed by atoms with Crippen LogP contribution in [0.15, 0.2) is 22.7 Å². The van der Waals surface area contributed by atoms with Gasteiger partial charge in [0.25, 0.3) is 0 Å². The number of carbonyl (C=O) groups excluding carboxylic acids is 2. The van der Waals surface area contributed by atoms with Gasteiger partial charge in [0.05, 0.1) is 17.1 Å². The quantitative estimate of drug-likeness (QED) is 0.731. The Morgan fingerprint density at radius 1 is 1.42 bits per heavy atom. The van der Waals surface area contributed by atoms with Gasteiger partial charge >= 0.3 is 0 Å². The number of nitrogens with zero attached hydrogens (tertiary/aromatic N) is 2. The van der Waals surface area contributed by atoms with E-state index in [1.165, 1.54) is 0 Å². The molecule has 1 saturated carbocycles. The van der Waals surface area contributed by atoms with Crippen LogP contribution in [0, 0.1) is 11.8 Å². The van der Waals surface area contributed by atoms with Gasteiger partial charge in [-0.25, -0.2) is 4.98 Å². The molecule has 2 bridgehead atoms. The fourth-order valence-corrected chi connectivity index (χ4v) is 4.94. The number of H-pyrrole nitrogens is 1. The van der Waals surface area contributed by atoms with Crippen molar-refractivity contribution < 1.29 is 9.59 Å². The van der Waals surface area contributed by atoms with Crippen LogP contribution in [0.3, 0.4) is 0 Å². The van der Waals surface area contributed by atoms with Crippen molar-refractivity contribution in [3.05, 3.63) is 28.5 Å². The van der Waals surface area contributed by atoms with Crippen LogP contribution in [0.5, 0.6) is 0 Å². The second-order valence-electron chi connectivity index (χ2n) is 7.71. The van der Waals surface area contributed by atoms with E-state index < -0.39 is 6.04 Å². The number of rotatable bonds is 5. The average molecular weight is 419 g/mol. The lowest BCUT2D eigenvalue weighted by atomic mass is 9.95. The molecular weight excluding hydrogens is 396 g/mol. The third-order valence-electron chi connectivity index (χ3n) is 5.76. The number of fused-ring (bicyclic) bond motifs is 3.